The molecule has 37 heavy (non-hydrogen) atoms. The van der Waals surface area contributed by atoms with E-state index >= 15 is 0 Å². The van der Waals surface area contributed by atoms with Crippen LogP contribution in [0.2, 0.25) is 0 Å². The third kappa shape index (κ3) is 7.83. The topological polar surface area (TPSA) is 3.24 Å². The van der Waals surface area contributed by atoms with Crippen LogP contribution in [0, 0.1) is 12.8 Å². The highest BCUT2D eigenvalue weighted by Crippen LogP contribution is 2.35. The van der Waals surface area contributed by atoms with E-state index in [1.165, 1.54) is 71.3 Å². The molecule has 1 heteroatoms. The van der Waals surface area contributed by atoms with Gasteiger partial charge in [0, 0.05) is 17.9 Å². The van der Waals surface area contributed by atoms with Crippen molar-refractivity contribution in [3.63, 3.8) is 0 Å². The van der Waals surface area contributed by atoms with Crippen molar-refractivity contribution in [2.45, 2.75) is 72.8 Å². The maximum absolute atomic E-state index is 4.64. The van der Waals surface area contributed by atoms with E-state index in [1.54, 1.807) is 0 Å². The fourth-order valence-electron chi connectivity index (χ4n) is 5.01. The first-order valence-electron chi connectivity index (χ1n) is 14.1. The molecule has 1 nitrogen and oxygen atoms in total. The third-order valence-electron chi connectivity index (χ3n) is 7.32. The Balaban J connectivity index is 0.00000186. The second-order valence-corrected chi connectivity index (χ2v) is 9.86. The zero-order valence-electron chi connectivity index (χ0n) is 23.5. The number of benzene rings is 3. The van der Waals surface area contributed by atoms with Gasteiger partial charge in [-0.2, -0.15) is 0 Å². The van der Waals surface area contributed by atoms with Gasteiger partial charge >= 0.3 is 0 Å². The minimum atomic E-state index is 0.564. The van der Waals surface area contributed by atoms with Crippen molar-refractivity contribution >= 4 is 11.8 Å². The molecule has 1 aliphatic carbocycles. The summed E-state index contributed by atoms with van der Waals surface area (Å²) in [5.41, 5.74) is 10.0. The van der Waals surface area contributed by atoms with Gasteiger partial charge in [0.05, 0.1) is 0 Å². The van der Waals surface area contributed by atoms with Gasteiger partial charge in [-0.25, -0.2) is 0 Å². The molecule has 0 spiro atoms. The van der Waals surface area contributed by atoms with Gasteiger partial charge in [0.1, 0.15) is 0 Å². The number of nitrogens with zero attached hydrogens (tertiary/aromatic N) is 1. The van der Waals surface area contributed by atoms with Crippen LogP contribution in [0.1, 0.15) is 76.0 Å². The normalized spacial score (nSPS) is 13.6. The van der Waals surface area contributed by atoms with Gasteiger partial charge in [-0.1, -0.05) is 132 Å². The molecule has 0 atom stereocenters. The lowest BCUT2D eigenvalue weighted by Crippen LogP contribution is -2.27. The lowest BCUT2D eigenvalue weighted by Gasteiger charge is -2.34. The van der Waals surface area contributed by atoms with Crippen LogP contribution in [0.5, 0.6) is 0 Å². The smallest absolute Gasteiger partial charge is 0.0478 e. The van der Waals surface area contributed by atoms with Gasteiger partial charge in [0.25, 0.3) is 0 Å². The van der Waals surface area contributed by atoms with Crippen LogP contribution >= 0.6 is 0 Å². The summed E-state index contributed by atoms with van der Waals surface area (Å²) >= 11 is 0. The van der Waals surface area contributed by atoms with Crippen LogP contribution in [0.25, 0.3) is 17.2 Å². The molecule has 3 aromatic rings. The zero-order chi connectivity index (χ0) is 26.6. The van der Waals surface area contributed by atoms with Gasteiger partial charge in [-0.15, -0.1) is 0 Å². The summed E-state index contributed by atoms with van der Waals surface area (Å²) in [4.78, 5) is 2.45. The summed E-state index contributed by atoms with van der Waals surface area (Å²) in [6, 6.07) is 26.5. The summed E-state index contributed by atoms with van der Waals surface area (Å²) in [6.45, 7) is 17.9. The molecule has 0 radical (unpaired) electrons. The van der Waals surface area contributed by atoms with Crippen molar-refractivity contribution in [2.24, 2.45) is 5.92 Å². The fourth-order valence-corrected chi connectivity index (χ4v) is 5.01. The predicted octanol–water partition coefficient (Wildman–Crippen LogP) is 10.8. The SMILES string of the molecule is C=C(/C=C/c1cccc(N(Cc2ccc(-c3ccccc3C)cc2)C(=C)C2CCCCC2)c1)CC.CC. The molecule has 1 fully saturated rings. The first-order chi connectivity index (χ1) is 18.0. The average molecular weight is 492 g/mol. The summed E-state index contributed by atoms with van der Waals surface area (Å²) in [6.07, 6.45) is 11.7. The van der Waals surface area contributed by atoms with Gasteiger partial charge in [-0.05, 0) is 72.1 Å². The number of aryl methyl sites for hydroxylation is 1. The molecular formula is C36H45N. The predicted molar refractivity (Wildman–Crippen MR) is 165 cm³/mol. The molecule has 0 saturated heterocycles. The Morgan fingerprint density at radius 2 is 1.59 bits per heavy atom. The van der Waals surface area contributed by atoms with Crippen LogP contribution in [0.15, 0.2) is 103 Å². The van der Waals surface area contributed by atoms with E-state index in [2.05, 4.69) is 117 Å². The van der Waals surface area contributed by atoms with Crippen LogP contribution in [-0.4, -0.2) is 0 Å². The minimum Gasteiger partial charge on any atom is -0.341 e. The Morgan fingerprint density at radius 3 is 2.27 bits per heavy atom. The molecule has 3 aromatic carbocycles. The maximum Gasteiger partial charge on any atom is 0.0478 e. The van der Waals surface area contributed by atoms with E-state index in [0.29, 0.717) is 5.92 Å². The van der Waals surface area contributed by atoms with E-state index in [-0.39, 0.29) is 0 Å². The second kappa shape index (κ2) is 14.4. The van der Waals surface area contributed by atoms with Crippen molar-refractivity contribution < 1.29 is 0 Å². The second-order valence-electron chi connectivity index (χ2n) is 9.86. The number of hydrogen-bond acceptors (Lipinski definition) is 1. The van der Waals surface area contributed by atoms with E-state index < -0.39 is 0 Å². The van der Waals surface area contributed by atoms with Gasteiger partial charge in [-0.3, -0.25) is 0 Å². The first kappa shape index (κ1) is 28.3. The largest absolute Gasteiger partial charge is 0.341 e. The molecule has 194 valence electrons. The highest BCUT2D eigenvalue weighted by Gasteiger charge is 2.22. The van der Waals surface area contributed by atoms with Gasteiger partial charge in [0.15, 0.2) is 0 Å². The fraction of sp³-hybridized carbons (Fsp3) is 0.333. The van der Waals surface area contributed by atoms with Crippen LogP contribution < -0.4 is 4.90 Å². The molecule has 0 aromatic heterocycles. The Morgan fingerprint density at radius 1 is 0.892 bits per heavy atom. The Labute approximate surface area is 226 Å². The van der Waals surface area contributed by atoms with Crippen molar-refractivity contribution in [1.29, 1.82) is 0 Å². The molecule has 4 rings (SSSR count). The summed E-state index contributed by atoms with van der Waals surface area (Å²) in [5, 5.41) is 0. The zero-order valence-corrected chi connectivity index (χ0v) is 23.5. The Hall–Kier alpha value is -3.32. The first-order valence-corrected chi connectivity index (χ1v) is 14.1. The molecule has 1 saturated carbocycles. The van der Waals surface area contributed by atoms with Crippen LogP contribution in [-0.2, 0) is 6.54 Å². The van der Waals surface area contributed by atoms with Crippen LogP contribution in [0.4, 0.5) is 5.69 Å². The van der Waals surface area contributed by atoms with Crippen LogP contribution in [0.3, 0.4) is 0 Å². The number of allylic oxidation sites excluding steroid dienone is 3. The Bertz CT molecular complexity index is 1180. The van der Waals surface area contributed by atoms with Crippen molar-refractivity contribution in [2.75, 3.05) is 4.90 Å². The third-order valence-corrected chi connectivity index (χ3v) is 7.32. The molecule has 0 bridgehead atoms. The molecule has 0 N–H and O–H groups in total. The lowest BCUT2D eigenvalue weighted by atomic mass is 9.86. The quantitative estimate of drug-likeness (QED) is 0.269. The molecule has 0 amide bonds. The maximum atomic E-state index is 4.64. The van der Waals surface area contributed by atoms with E-state index in [4.69, 9.17) is 0 Å². The highest BCUT2D eigenvalue weighted by molar-refractivity contribution is 5.67. The highest BCUT2D eigenvalue weighted by atomic mass is 15.1. The molecule has 0 unspecified atom stereocenters. The minimum absolute atomic E-state index is 0.564. The van der Waals surface area contributed by atoms with E-state index in [1.807, 2.05) is 13.8 Å². The van der Waals surface area contributed by atoms with E-state index in [9.17, 15) is 0 Å². The Kier molecular flexibility index (Phi) is 11.0. The average Bonchev–Trinajstić information content (AvgIpc) is 2.96. The number of anilines is 1. The van der Waals surface area contributed by atoms with Gasteiger partial charge in [0.2, 0.25) is 0 Å². The number of rotatable bonds is 9. The van der Waals surface area contributed by atoms with Crippen molar-refractivity contribution in [3.05, 3.63) is 120 Å². The molecule has 1 aliphatic rings. The molecular weight excluding hydrogens is 446 g/mol. The number of hydrogen-bond donors (Lipinski definition) is 0. The van der Waals surface area contributed by atoms with Crippen molar-refractivity contribution in [1.82, 2.24) is 0 Å². The standard InChI is InChI=1S/C34H39N.C2H6/c1-5-26(2)18-19-29-13-11-16-33(24-29)35(28(4)31-14-7-6-8-15-31)25-30-20-22-32(23-21-30)34-17-10-9-12-27(34)3;1-2/h9-13,16-24,31H,2,4-8,14-15,25H2,1,3H3;1-2H3/b19-18+;. The molecule has 0 heterocycles. The summed E-state index contributed by atoms with van der Waals surface area (Å²) < 4.78 is 0. The van der Waals surface area contributed by atoms with Crippen molar-refractivity contribution in [3.8, 4) is 11.1 Å². The molecule has 0 aliphatic heterocycles. The van der Waals surface area contributed by atoms with Gasteiger partial charge < -0.3 is 4.90 Å². The summed E-state index contributed by atoms with van der Waals surface area (Å²) in [5.74, 6) is 0.564. The van der Waals surface area contributed by atoms with E-state index in [0.717, 1.165) is 18.5 Å². The summed E-state index contributed by atoms with van der Waals surface area (Å²) in [7, 11) is 0. The lowest BCUT2D eigenvalue weighted by molar-refractivity contribution is 0.396. The monoisotopic (exact) mass is 491 g/mol.